The molecule has 0 radical (unpaired) electrons. The van der Waals surface area contributed by atoms with Gasteiger partial charge in [0.25, 0.3) is 0 Å². The van der Waals surface area contributed by atoms with Gasteiger partial charge in [0.1, 0.15) is 16.2 Å². The van der Waals surface area contributed by atoms with Crippen molar-refractivity contribution in [2.45, 2.75) is 11.9 Å². The number of hydrogen-bond acceptors (Lipinski definition) is 7. The van der Waals surface area contributed by atoms with Crippen LogP contribution in [0.15, 0.2) is 23.2 Å². The Morgan fingerprint density at radius 3 is 2.90 bits per heavy atom. The number of ether oxygens (including phenoxy) is 2. The third-order valence-corrected chi connectivity index (χ3v) is 4.87. The van der Waals surface area contributed by atoms with Gasteiger partial charge in [-0.05, 0) is 31.4 Å². The summed E-state index contributed by atoms with van der Waals surface area (Å²) in [6, 6.07) is 5.83. The molecule has 0 fully saturated rings. The number of benzene rings is 1. The molecule has 5 nitrogen and oxygen atoms in total. The highest BCUT2D eigenvalue weighted by Crippen LogP contribution is 2.39. The number of thiazole rings is 1. The number of nitrogens with zero attached hydrogens (tertiary/aromatic N) is 3. The van der Waals surface area contributed by atoms with Crippen LogP contribution in [0.4, 0.5) is 0 Å². The largest absolute Gasteiger partial charge is 0.454 e. The van der Waals surface area contributed by atoms with Crippen LogP contribution < -0.4 is 9.47 Å². The third-order valence-electron chi connectivity index (χ3n) is 3.23. The van der Waals surface area contributed by atoms with Crippen LogP contribution in [0, 0.1) is 6.92 Å². The predicted molar refractivity (Wildman–Crippen MR) is 83.3 cm³/mol. The van der Waals surface area contributed by atoms with Crippen molar-refractivity contribution < 1.29 is 9.47 Å². The van der Waals surface area contributed by atoms with E-state index in [0.717, 1.165) is 43.0 Å². The number of rotatable bonds is 2. The molecule has 1 aliphatic heterocycles. The number of fused-ring (bicyclic) bond motifs is 2. The van der Waals surface area contributed by atoms with Crippen molar-refractivity contribution >= 4 is 33.3 Å². The second kappa shape index (κ2) is 4.85. The Bertz CT molecular complexity index is 848. The van der Waals surface area contributed by atoms with Gasteiger partial charge in [0.15, 0.2) is 11.5 Å². The number of hydrogen-bond donors (Lipinski definition) is 0. The van der Waals surface area contributed by atoms with Crippen LogP contribution in [-0.4, -0.2) is 28.2 Å². The van der Waals surface area contributed by atoms with Crippen molar-refractivity contribution in [3.05, 3.63) is 23.2 Å². The third kappa shape index (κ3) is 2.04. The molecule has 106 valence electrons. The van der Waals surface area contributed by atoms with Gasteiger partial charge in [-0.1, -0.05) is 0 Å². The van der Waals surface area contributed by atoms with E-state index in [-0.39, 0.29) is 6.79 Å². The van der Waals surface area contributed by atoms with Gasteiger partial charge in [-0.3, -0.25) is 0 Å². The highest BCUT2D eigenvalue weighted by molar-refractivity contribution is 7.98. The SMILES string of the molecule is CSc1nnc(-c2ccc3c(c2)OCO3)c2sc(C)nc12. The monoisotopic (exact) mass is 317 g/mol. The Morgan fingerprint density at radius 1 is 1.19 bits per heavy atom. The number of thioether (sulfide) groups is 1. The Morgan fingerprint density at radius 2 is 2.05 bits per heavy atom. The quantitative estimate of drug-likeness (QED) is 0.674. The van der Waals surface area contributed by atoms with Crippen molar-refractivity contribution in [1.29, 1.82) is 0 Å². The fraction of sp³-hybridized carbons (Fsp3) is 0.214. The Balaban J connectivity index is 1.94. The zero-order valence-corrected chi connectivity index (χ0v) is 13.0. The summed E-state index contributed by atoms with van der Waals surface area (Å²) in [6.45, 7) is 2.27. The first-order valence-corrected chi connectivity index (χ1v) is 8.38. The highest BCUT2D eigenvalue weighted by atomic mass is 32.2. The maximum absolute atomic E-state index is 5.44. The summed E-state index contributed by atoms with van der Waals surface area (Å²) < 4.78 is 11.8. The molecule has 4 rings (SSSR count). The average molecular weight is 317 g/mol. The van der Waals surface area contributed by atoms with Gasteiger partial charge < -0.3 is 9.47 Å². The standard InChI is InChI=1S/C14H11N3O2S2/c1-7-15-12-13(21-7)11(16-17-14(12)20-2)8-3-4-9-10(5-8)19-6-18-9/h3-5H,6H2,1-2H3. The lowest BCUT2D eigenvalue weighted by Crippen LogP contribution is -1.93. The van der Waals surface area contributed by atoms with Crippen LogP contribution in [0.1, 0.15) is 5.01 Å². The molecule has 3 aromatic rings. The van der Waals surface area contributed by atoms with Crippen LogP contribution >= 0.6 is 23.1 Å². The minimum atomic E-state index is 0.269. The normalized spacial score (nSPS) is 13.0. The summed E-state index contributed by atoms with van der Waals surface area (Å²) in [4.78, 5) is 4.58. The molecule has 0 bridgehead atoms. The van der Waals surface area contributed by atoms with E-state index < -0.39 is 0 Å². The highest BCUT2D eigenvalue weighted by Gasteiger charge is 2.18. The average Bonchev–Trinajstić information content (AvgIpc) is 3.10. The fourth-order valence-corrected chi connectivity index (χ4v) is 3.75. The van der Waals surface area contributed by atoms with Crippen molar-refractivity contribution in [2.24, 2.45) is 0 Å². The first-order valence-electron chi connectivity index (χ1n) is 6.34. The van der Waals surface area contributed by atoms with Gasteiger partial charge >= 0.3 is 0 Å². The fourth-order valence-electron chi connectivity index (χ4n) is 2.29. The van der Waals surface area contributed by atoms with E-state index in [1.54, 1.807) is 23.1 Å². The molecule has 0 unspecified atom stereocenters. The molecule has 1 aliphatic rings. The first-order chi connectivity index (χ1) is 10.3. The Labute approximate surface area is 129 Å². The number of aromatic nitrogens is 3. The van der Waals surface area contributed by atoms with E-state index in [9.17, 15) is 0 Å². The van der Waals surface area contributed by atoms with Gasteiger partial charge in [0, 0.05) is 5.56 Å². The zero-order valence-electron chi connectivity index (χ0n) is 11.4. The van der Waals surface area contributed by atoms with E-state index in [0.29, 0.717) is 0 Å². The lowest BCUT2D eigenvalue weighted by Gasteiger charge is -2.04. The summed E-state index contributed by atoms with van der Waals surface area (Å²) in [7, 11) is 0. The second-order valence-corrected chi connectivity index (χ2v) is 6.53. The minimum Gasteiger partial charge on any atom is -0.454 e. The van der Waals surface area contributed by atoms with E-state index in [4.69, 9.17) is 9.47 Å². The van der Waals surface area contributed by atoms with E-state index >= 15 is 0 Å². The van der Waals surface area contributed by atoms with Crippen molar-refractivity contribution in [1.82, 2.24) is 15.2 Å². The molecule has 0 saturated carbocycles. The zero-order chi connectivity index (χ0) is 14.4. The minimum absolute atomic E-state index is 0.269. The van der Waals surface area contributed by atoms with E-state index in [2.05, 4.69) is 15.2 Å². The van der Waals surface area contributed by atoms with Crippen LogP contribution in [0.3, 0.4) is 0 Å². The topological polar surface area (TPSA) is 57.1 Å². The van der Waals surface area contributed by atoms with Crippen LogP contribution in [0.25, 0.3) is 21.5 Å². The molecule has 2 aromatic heterocycles. The van der Waals surface area contributed by atoms with Gasteiger partial charge in [-0.2, -0.15) is 0 Å². The molecule has 3 heterocycles. The molecule has 21 heavy (non-hydrogen) atoms. The summed E-state index contributed by atoms with van der Waals surface area (Å²) in [5, 5.41) is 10.6. The predicted octanol–water partition coefficient (Wildman–Crippen LogP) is 3.51. The maximum atomic E-state index is 5.44. The summed E-state index contributed by atoms with van der Waals surface area (Å²) >= 11 is 3.20. The number of aryl methyl sites for hydroxylation is 1. The van der Waals surface area contributed by atoms with Crippen LogP contribution in [-0.2, 0) is 0 Å². The van der Waals surface area contributed by atoms with E-state index in [1.807, 2.05) is 31.4 Å². The summed E-state index contributed by atoms with van der Waals surface area (Å²) in [6.07, 6.45) is 1.98. The van der Waals surface area contributed by atoms with Crippen molar-refractivity contribution in [3.63, 3.8) is 0 Å². The molecular weight excluding hydrogens is 306 g/mol. The molecule has 1 aromatic carbocycles. The van der Waals surface area contributed by atoms with Crippen molar-refractivity contribution in [3.8, 4) is 22.8 Å². The van der Waals surface area contributed by atoms with Gasteiger partial charge in [-0.25, -0.2) is 4.98 Å². The summed E-state index contributed by atoms with van der Waals surface area (Å²) in [5.41, 5.74) is 2.73. The molecule has 0 spiro atoms. The summed E-state index contributed by atoms with van der Waals surface area (Å²) in [5.74, 6) is 1.52. The molecular formula is C14H11N3O2S2. The van der Waals surface area contributed by atoms with Crippen LogP contribution in [0.2, 0.25) is 0 Å². The molecule has 0 amide bonds. The molecule has 0 N–H and O–H groups in total. The van der Waals surface area contributed by atoms with Gasteiger partial charge in [0.2, 0.25) is 6.79 Å². The maximum Gasteiger partial charge on any atom is 0.231 e. The van der Waals surface area contributed by atoms with Crippen LogP contribution in [0.5, 0.6) is 11.5 Å². The van der Waals surface area contributed by atoms with Gasteiger partial charge in [0.05, 0.1) is 9.71 Å². The Hall–Kier alpha value is -1.86. The Kier molecular flexibility index (Phi) is 2.97. The molecule has 7 heteroatoms. The smallest absolute Gasteiger partial charge is 0.231 e. The molecule has 0 atom stereocenters. The lowest BCUT2D eigenvalue weighted by molar-refractivity contribution is 0.174. The van der Waals surface area contributed by atoms with E-state index in [1.165, 1.54) is 0 Å². The first kappa shape index (κ1) is 12.8. The van der Waals surface area contributed by atoms with Gasteiger partial charge in [-0.15, -0.1) is 33.3 Å². The lowest BCUT2D eigenvalue weighted by atomic mass is 10.1. The molecule has 0 aliphatic carbocycles. The second-order valence-electron chi connectivity index (χ2n) is 4.54. The van der Waals surface area contributed by atoms with Crippen molar-refractivity contribution in [2.75, 3.05) is 13.0 Å². The molecule has 0 saturated heterocycles.